The molecule has 1 amide bonds. The Labute approximate surface area is 121 Å². The van der Waals surface area contributed by atoms with Crippen molar-refractivity contribution in [2.75, 3.05) is 18.5 Å². The second kappa shape index (κ2) is 5.70. The molecule has 1 aromatic rings. The van der Waals surface area contributed by atoms with Gasteiger partial charge in [-0.2, -0.15) is 11.8 Å². The number of hydrogen-bond acceptors (Lipinski definition) is 5. The van der Waals surface area contributed by atoms with Crippen molar-refractivity contribution in [3.63, 3.8) is 0 Å². The van der Waals surface area contributed by atoms with Crippen LogP contribution in [-0.4, -0.2) is 28.4 Å². The molecule has 1 saturated carbocycles. The number of nitrogens with one attached hydrogen (secondary N) is 1. The van der Waals surface area contributed by atoms with Gasteiger partial charge in [-0.1, -0.05) is 6.42 Å². The van der Waals surface area contributed by atoms with E-state index >= 15 is 0 Å². The van der Waals surface area contributed by atoms with Gasteiger partial charge in [0.25, 0.3) is 11.6 Å². The van der Waals surface area contributed by atoms with Crippen LogP contribution in [-0.2, 0) is 0 Å². The molecule has 0 radical (unpaired) electrons. The lowest BCUT2D eigenvalue weighted by Gasteiger charge is -2.40. The Balaban J connectivity index is 2.09. The molecule has 2 rings (SSSR count). The number of carbonyl (C=O) groups excluding carboxylic acids is 1. The summed E-state index contributed by atoms with van der Waals surface area (Å²) < 4.78 is 0.116. The Morgan fingerprint density at radius 2 is 2.25 bits per heavy atom. The van der Waals surface area contributed by atoms with Crippen molar-refractivity contribution in [1.82, 2.24) is 5.32 Å². The summed E-state index contributed by atoms with van der Waals surface area (Å²) >= 11 is 1.75. The van der Waals surface area contributed by atoms with Crippen LogP contribution in [0.2, 0.25) is 0 Å². The maximum absolute atomic E-state index is 12.1. The molecular weight excluding hydrogens is 278 g/mol. The Bertz CT molecular complexity index is 538. The predicted molar refractivity (Wildman–Crippen MR) is 79.9 cm³/mol. The van der Waals surface area contributed by atoms with Crippen molar-refractivity contribution < 1.29 is 9.72 Å². The molecule has 0 unspecified atom stereocenters. The largest absolute Gasteiger partial charge is 0.398 e. The molecule has 0 aromatic heterocycles. The van der Waals surface area contributed by atoms with Gasteiger partial charge >= 0.3 is 0 Å². The zero-order valence-electron chi connectivity index (χ0n) is 11.2. The molecular formula is C13H17N3O3S. The lowest BCUT2D eigenvalue weighted by Crippen LogP contribution is -2.45. The van der Waals surface area contributed by atoms with Gasteiger partial charge in [-0.3, -0.25) is 14.9 Å². The minimum atomic E-state index is -0.536. The molecule has 7 heteroatoms. The fourth-order valence-corrected chi connectivity index (χ4v) is 3.13. The van der Waals surface area contributed by atoms with Crippen LogP contribution in [0, 0.1) is 10.1 Å². The number of thioether (sulfide) groups is 1. The number of nitrogens with zero attached hydrogens (tertiary/aromatic N) is 1. The summed E-state index contributed by atoms with van der Waals surface area (Å²) in [4.78, 5) is 22.3. The number of rotatable bonds is 5. The number of nitrogens with two attached hydrogens (primary N) is 1. The summed E-state index contributed by atoms with van der Waals surface area (Å²) in [5.41, 5.74) is 6.00. The highest BCUT2D eigenvalue weighted by molar-refractivity contribution is 8.00. The van der Waals surface area contributed by atoms with Gasteiger partial charge < -0.3 is 11.1 Å². The first kappa shape index (κ1) is 14.6. The fourth-order valence-electron chi connectivity index (χ4n) is 2.22. The number of nitrogen functional groups attached to an aromatic ring is 1. The van der Waals surface area contributed by atoms with E-state index in [-0.39, 0.29) is 27.6 Å². The Morgan fingerprint density at radius 3 is 2.75 bits per heavy atom. The van der Waals surface area contributed by atoms with Crippen LogP contribution >= 0.6 is 11.8 Å². The standard InChI is InChI=1S/C13H17N3O3S/c1-20-13(5-2-6-13)8-15-12(17)10-7-9(16(18)19)3-4-11(10)14/h3-4,7H,2,5-6,8,14H2,1H3,(H,15,17). The molecule has 3 N–H and O–H groups in total. The van der Waals surface area contributed by atoms with Crippen LogP contribution in [0.3, 0.4) is 0 Å². The third kappa shape index (κ3) is 2.87. The lowest BCUT2D eigenvalue weighted by atomic mass is 9.84. The number of nitro benzene ring substituents is 1. The van der Waals surface area contributed by atoms with Gasteiger partial charge in [-0.15, -0.1) is 0 Å². The highest BCUT2D eigenvalue weighted by Gasteiger charge is 2.36. The number of amides is 1. The van der Waals surface area contributed by atoms with Gasteiger partial charge in [0, 0.05) is 29.1 Å². The summed E-state index contributed by atoms with van der Waals surface area (Å²) in [6, 6.07) is 3.90. The highest BCUT2D eigenvalue weighted by atomic mass is 32.2. The molecule has 1 aromatic carbocycles. The first-order chi connectivity index (χ1) is 9.47. The molecule has 108 valence electrons. The third-order valence-electron chi connectivity index (χ3n) is 3.76. The van der Waals surface area contributed by atoms with E-state index in [1.165, 1.54) is 24.6 Å². The molecule has 20 heavy (non-hydrogen) atoms. The van der Waals surface area contributed by atoms with Crippen LogP contribution in [0.5, 0.6) is 0 Å². The molecule has 1 aliphatic carbocycles. The minimum Gasteiger partial charge on any atom is -0.398 e. The van der Waals surface area contributed by atoms with Crippen LogP contribution in [0.4, 0.5) is 11.4 Å². The molecule has 0 heterocycles. The fraction of sp³-hybridized carbons (Fsp3) is 0.462. The van der Waals surface area contributed by atoms with Gasteiger partial charge in [-0.25, -0.2) is 0 Å². The highest BCUT2D eigenvalue weighted by Crippen LogP contribution is 2.42. The van der Waals surface area contributed by atoms with Crippen molar-refractivity contribution in [2.24, 2.45) is 0 Å². The number of carbonyl (C=O) groups is 1. The van der Waals surface area contributed by atoms with Crippen LogP contribution in [0.25, 0.3) is 0 Å². The van der Waals surface area contributed by atoms with Crippen molar-refractivity contribution in [3.8, 4) is 0 Å². The first-order valence-corrected chi connectivity index (χ1v) is 7.57. The maximum atomic E-state index is 12.1. The molecule has 1 fully saturated rings. The van der Waals surface area contributed by atoms with E-state index in [2.05, 4.69) is 5.32 Å². The molecule has 0 atom stereocenters. The summed E-state index contributed by atoms with van der Waals surface area (Å²) in [6.45, 7) is 0.565. The van der Waals surface area contributed by atoms with E-state index < -0.39 is 4.92 Å². The Morgan fingerprint density at radius 1 is 1.55 bits per heavy atom. The summed E-state index contributed by atoms with van der Waals surface area (Å²) in [6.07, 6.45) is 5.38. The summed E-state index contributed by atoms with van der Waals surface area (Å²) in [7, 11) is 0. The average Bonchev–Trinajstić information content (AvgIpc) is 2.38. The molecule has 0 spiro atoms. The van der Waals surface area contributed by atoms with Crippen molar-refractivity contribution in [1.29, 1.82) is 0 Å². The topological polar surface area (TPSA) is 98.3 Å². The number of non-ortho nitro benzene ring substituents is 1. The number of anilines is 1. The van der Waals surface area contributed by atoms with E-state index in [0.29, 0.717) is 6.54 Å². The van der Waals surface area contributed by atoms with E-state index in [1.54, 1.807) is 11.8 Å². The maximum Gasteiger partial charge on any atom is 0.270 e. The van der Waals surface area contributed by atoms with Gasteiger partial charge in [-0.05, 0) is 25.2 Å². The van der Waals surface area contributed by atoms with Gasteiger partial charge in [0.2, 0.25) is 0 Å². The quantitative estimate of drug-likeness (QED) is 0.493. The lowest BCUT2D eigenvalue weighted by molar-refractivity contribution is -0.384. The first-order valence-electron chi connectivity index (χ1n) is 6.35. The van der Waals surface area contributed by atoms with Crippen molar-refractivity contribution in [3.05, 3.63) is 33.9 Å². The minimum absolute atomic E-state index is 0.116. The molecule has 0 saturated heterocycles. The normalized spacial score (nSPS) is 16.2. The SMILES string of the molecule is CSC1(CNC(=O)c2cc([N+](=O)[O-])ccc2N)CCC1. The van der Waals surface area contributed by atoms with E-state index in [1.807, 2.05) is 6.26 Å². The summed E-state index contributed by atoms with van der Waals surface area (Å²) in [5, 5.41) is 13.6. The van der Waals surface area contributed by atoms with Crippen molar-refractivity contribution in [2.45, 2.75) is 24.0 Å². The molecule has 6 nitrogen and oxygen atoms in total. The summed E-state index contributed by atoms with van der Waals surface area (Å²) in [5.74, 6) is -0.355. The zero-order valence-corrected chi connectivity index (χ0v) is 12.0. The molecule has 0 bridgehead atoms. The van der Waals surface area contributed by atoms with Crippen LogP contribution in [0.1, 0.15) is 29.6 Å². The monoisotopic (exact) mass is 295 g/mol. The second-order valence-electron chi connectivity index (χ2n) is 4.95. The second-order valence-corrected chi connectivity index (χ2v) is 6.23. The van der Waals surface area contributed by atoms with E-state index in [0.717, 1.165) is 12.8 Å². The average molecular weight is 295 g/mol. The number of benzene rings is 1. The molecule has 1 aliphatic rings. The number of hydrogen-bond donors (Lipinski definition) is 2. The van der Waals surface area contributed by atoms with E-state index in [9.17, 15) is 14.9 Å². The van der Waals surface area contributed by atoms with E-state index in [4.69, 9.17) is 5.73 Å². The van der Waals surface area contributed by atoms with Gasteiger partial charge in [0.1, 0.15) is 0 Å². The smallest absolute Gasteiger partial charge is 0.270 e. The number of nitro groups is 1. The molecule has 0 aliphatic heterocycles. The van der Waals surface area contributed by atoms with Crippen molar-refractivity contribution >= 4 is 29.0 Å². The Kier molecular flexibility index (Phi) is 4.17. The predicted octanol–water partition coefficient (Wildman–Crippen LogP) is 2.19. The van der Waals surface area contributed by atoms with Crippen LogP contribution < -0.4 is 11.1 Å². The zero-order chi connectivity index (χ0) is 14.8. The van der Waals surface area contributed by atoms with Gasteiger partial charge in [0.05, 0.1) is 10.5 Å². The third-order valence-corrected chi connectivity index (χ3v) is 5.18. The van der Waals surface area contributed by atoms with Gasteiger partial charge in [0.15, 0.2) is 0 Å². The Hall–Kier alpha value is -1.76. The van der Waals surface area contributed by atoms with Crippen LogP contribution in [0.15, 0.2) is 18.2 Å².